The van der Waals surface area contributed by atoms with E-state index in [-0.39, 0.29) is 17.8 Å². The molecule has 0 spiro atoms. The lowest BCUT2D eigenvalue weighted by Gasteiger charge is -2.17. The van der Waals surface area contributed by atoms with Crippen molar-refractivity contribution in [2.75, 3.05) is 0 Å². The predicted molar refractivity (Wildman–Crippen MR) is 61.0 cm³/mol. The minimum atomic E-state index is -0.275. The van der Waals surface area contributed by atoms with Crippen LogP contribution in [0.5, 0.6) is 5.75 Å². The van der Waals surface area contributed by atoms with Gasteiger partial charge < -0.3 is 4.74 Å². The molecule has 0 aliphatic heterocycles. The number of ether oxygens (including phenoxy) is 1. The van der Waals surface area contributed by atoms with Gasteiger partial charge in [-0.1, -0.05) is 13.8 Å². The number of benzene rings is 1. The molecule has 0 aromatic heterocycles. The van der Waals surface area contributed by atoms with E-state index in [1.165, 1.54) is 12.1 Å². The first-order chi connectivity index (χ1) is 7.21. The van der Waals surface area contributed by atoms with Crippen LogP contribution in [0.3, 0.4) is 0 Å². The molecule has 0 radical (unpaired) electrons. The molecule has 1 rings (SSSR count). The molecule has 0 aliphatic carbocycles. The minimum Gasteiger partial charge on any atom is -0.490 e. The van der Waals surface area contributed by atoms with Crippen LogP contribution >= 0.6 is 11.6 Å². The van der Waals surface area contributed by atoms with Crippen molar-refractivity contribution < 1.29 is 9.13 Å². The third kappa shape index (κ3) is 3.38. The van der Waals surface area contributed by atoms with Gasteiger partial charge in [-0.2, -0.15) is 0 Å². The first-order valence-corrected chi connectivity index (χ1v) is 5.75. The van der Waals surface area contributed by atoms with E-state index in [4.69, 9.17) is 16.3 Å². The molecule has 0 saturated heterocycles. The van der Waals surface area contributed by atoms with Crippen LogP contribution < -0.4 is 4.74 Å². The van der Waals surface area contributed by atoms with Crippen molar-refractivity contribution in [3.63, 3.8) is 0 Å². The van der Waals surface area contributed by atoms with Crippen LogP contribution in [-0.4, -0.2) is 6.10 Å². The molecule has 0 fully saturated rings. The summed E-state index contributed by atoms with van der Waals surface area (Å²) in [5.74, 6) is 0.690. The van der Waals surface area contributed by atoms with Gasteiger partial charge in [0.25, 0.3) is 0 Å². The zero-order valence-corrected chi connectivity index (χ0v) is 9.85. The smallest absolute Gasteiger partial charge is 0.124 e. The summed E-state index contributed by atoms with van der Waals surface area (Å²) in [5.41, 5.74) is 0.712. The Morgan fingerprint density at radius 2 is 2.00 bits per heavy atom. The van der Waals surface area contributed by atoms with Gasteiger partial charge in [0, 0.05) is 5.56 Å². The molecule has 0 N–H and O–H groups in total. The van der Waals surface area contributed by atoms with Crippen LogP contribution in [0.15, 0.2) is 18.2 Å². The molecule has 1 aromatic carbocycles. The monoisotopic (exact) mass is 230 g/mol. The molecule has 0 amide bonds. The Labute approximate surface area is 95.2 Å². The molecule has 0 unspecified atom stereocenters. The highest BCUT2D eigenvalue weighted by Crippen LogP contribution is 2.23. The fraction of sp³-hybridized carbons (Fsp3) is 0.500. The Balaban J connectivity index is 2.83. The average Bonchev–Trinajstić information content (AvgIpc) is 2.27. The van der Waals surface area contributed by atoms with Crippen LogP contribution in [0.1, 0.15) is 32.3 Å². The molecule has 15 heavy (non-hydrogen) atoms. The molecule has 0 aliphatic rings. The number of alkyl halides is 1. The zero-order valence-electron chi connectivity index (χ0n) is 9.09. The minimum absolute atomic E-state index is 0.178. The quantitative estimate of drug-likeness (QED) is 0.691. The van der Waals surface area contributed by atoms with E-state index < -0.39 is 0 Å². The van der Waals surface area contributed by atoms with Crippen molar-refractivity contribution in [3.8, 4) is 5.75 Å². The van der Waals surface area contributed by atoms with Gasteiger partial charge in [0.15, 0.2) is 0 Å². The molecule has 0 bridgehead atoms. The molecule has 1 nitrogen and oxygen atoms in total. The second-order valence-corrected chi connectivity index (χ2v) is 3.71. The van der Waals surface area contributed by atoms with Gasteiger partial charge in [0.05, 0.1) is 12.0 Å². The van der Waals surface area contributed by atoms with Crippen molar-refractivity contribution in [1.82, 2.24) is 0 Å². The lowest BCUT2D eigenvalue weighted by molar-refractivity contribution is 0.191. The van der Waals surface area contributed by atoms with Crippen molar-refractivity contribution in [2.24, 2.45) is 0 Å². The lowest BCUT2D eigenvalue weighted by atomic mass is 10.2. The summed E-state index contributed by atoms with van der Waals surface area (Å²) < 4.78 is 18.7. The Bertz CT molecular complexity index is 310. The maximum Gasteiger partial charge on any atom is 0.124 e. The lowest BCUT2D eigenvalue weighted by Crippen LogP contribution is -2.14. The SMILES string of the molecule is CCC(CC)Oc1ccc(F)cc1CCl. The third-order valence-electron chi connectivity index (χ3n) is 2.37. The largest absolute Gasteiger partial charge is 0.490 e. The number of rotatable bonds is 5. The summed E-state index contributed by atoms with van der Waals surface area (Å²) in [6, 6.07) is 4.46. The van der Waals surface area contributed by atoms with E-state index in [0.29, 0.717) is 11.3 Å². The summed E-state index contributed by atoms with van der Waals surface area (Å²) in [6.45, 7) is 4.14. The van der Waals surface area contributed by atoms with E-state index in [0.717, 1.165) is 12.8 Å². The van der Waals surface area contributed by atoms with E-state index in [1.54, 1.807) is 6.07 Å². The second kappa shape index (κ2) is 5.96. The average molecular weight is 231 g/mol. The fourth-order valence-corrected chi connectivity index (χ4v) is 1.61. The summed E-state index contributed by atoms with van der Waals surface area (Å²) in [6.07, 6.45) is 2.06. The molecule has 0 atom stereocenters. The van der Waals surface area contributed by atoms with E-state index in [1.807, 2.05) is 0 Å². The first kappa shape index (κ1) is 12.3. The van der Waals surface area contributed by atoms with Crippen LogP contribution in [0.2, 0.25) is 0 Å². The van der Waals surface area contributed by atoms with Crippen molar-refractivity contribution in [2.45, 2.75) is 38.7 Å². The van der Waals surface area contributed by atoms with E-state index >= 15 is 0 Å². The molecule has 3 heteroatoms. The Morgan fingerprint density at radius 3 is 2.53 bits per heavy atom. The molecule has 0 saturated carbocycles. The van der Waals surface area contributed by atoms with Crippen LogP contribution in [-0.2, 0) is 5.88 Å². The van der Waals surface area contributed by atoms with E-state index in [9.17, 15) is 4.39 Å². The number of hydrogen-bond donors (Lipinski definition) is 0. The van der Waals surface area contributed by atoms with Gasteiger partial charge in [0.1, 0.15) is 11.6 Å². The fourth-order valence-electron chi connectivity index (χ4n) is 1.40. The standard InChI is InChI=1S/C12H16ClFO/c1-3-11(4-2)15-12-6-5-10(14)7-9(12)8-13/h5-7,11H,3-4,8H2,1-2H3. The summed E-state index contributed by atoms with van der Waals surface area (Å²) in [4.78, 5) is 0. The molecule has 1 aromatic rings. The van der Waals surface area contributed by atoms with Crippen molar-refractivity contribution in [3.05, 3.63) is 29.6 Å². The highest BCUT2D eigenvalue weighted by molar-refractivity contribution is 6.17. The summed E-state index contributed by atoms with van der Waals surface area (Å²) in [5, 5.41) is 0. The Kier molecular flexibility index (Phi) is 4.89. The van der Waals surface area contributed by atoms with E-state index in [2.05, 4.69) is 13.8 Å². The number of hydrogen-bond acceptors (Lipinski definition) is 1. The summed E-state index contributed by atoms with van der Waals surface area (Å²) in [7, 11) is 0. The highest BCUT2D eigenvalue weighted by Gasteiger charge is 2.09. The Morgan fingerprint density at radius 1 is 1.33 bits per heavy atom. The van der Waals surface area contributed by atoms with Crippen molar-refractivity contribution >= 4 is 11.6 Å². The number of halogens is 2. The normalized spacial score (nSPS) is 10.7. The second-order valence-electron chi connectivity index (χ2n) is 3.44. The van der Waals surface area contributed by atoms with Crippen LogP contribution in [0, 0.1) is 5.82 Å². The molecular weight excluding hydrogens is 215 g/mol. The topological polar surface area (TPSA) is 9.23 Å². The van der Waals surface area contributed by atoms with Gasteiger partial charge in [-0.05, 0) is 31.0 Å². The zero-order chi connectivity index (χ0) is 11.3. The third-order valence-corrected chi connectivity index (χ3v) is 2.66. The van der Waals surface area contributed by atoms with Crippen LogP contribution in [0.25, 0.3) is 0 Å². The first-order valence-electron chi connectivity index (χ1n) is 5.22. The maximum absolute atomic E-state index is 12.9. The predicted octanol–water partition coefficient (Wildman–Crippen LogP) is 4.13. The van der Waals surface area contributed by atoms with Gasteiger partial charge in [-0.15, -0.1) is 11.6 Å². The van der Waals surface area contributed by atoms with Gasteiger partial charge >= 0.3 is 0 Å². The Hall–Kier alpha value is -0.760. The maximum atomic E-state index is 12.9. The molecule has 0 heterocycles. The summed E-state index contributed by atoms with van der Waals surface area (Å²) >= 11 is 5.73. The molecular formula is C12H16ClFO. The van der Waals surface area contributed by atoms with Crippen molar-refractivity contribution in [1.29, 1.82) is 0 Å². The van der Waals surface area contributed by atoms with Gasteiger partial charge in [-0.3, -0.25) is 0 Å². The van der Waals surface area contributed by atoms with Crippen LogP contribution in [0.4, 0.5) is 4.39 Å². The molecule has 84 valence electrons. The van der Waals surface area contributed by atoms with Gasteiger partial charge in [-0.25, -0.2) is 4.39 Å². The van der Waals surface area contributed by atoms with Gasteiger partial charge in [0.2, 0.25) is 0 Å². The highest BCUT2D eigenvalue weighted by atomic mass is 35.5.